The van der Waals surface area contributed by atoms with Gasteiger partial charge in [0, 0.05) is 11.1 Å². The van der Waals surface area contributed by atoms with E-state index < -0.39 is 0 Å². The fourth-order valence-corrected chi connectivity index (χ4v) is 1.21. The van der Waals surface area contributed by atoms with E-state index in [1.807, 2.05) is 12.1 Å². The van der Waals surface area contributed by atoms with Crippen molar-refractivity contribution in [2.24, 2.45) is 0 Å². The van der Waals surface area contributed by atoms with Gasteiger partial charge < -0.3 is 0 Å². The molecule has 0 unspecified atom stereocenters. The van der Waals surface area contributed by atoms with Crippen LogP contribution in [-0.2, 0) is 0 Å². The lowest BCUT2D eigenvalue weighted by atomic mass is 10.1. The van der Waals surface area contributed by atoms with Crippen molar-refractivity contribution in [2.45, 2.75) is 18.8 Å². The summed E-state index contributed by atoms with van der Waals surface area (Å²) in [6, 6.07) is 8.99. The summed E-state index contributed by atoms with van der Waals surface area (Å²) in [7, 11) is 0. The van der Waals surface area contributed by atoms with Crippen LogP contribution in [0.2, 0.25) is 5.02 Å². The van der Waals surface area contributed by atoms with Gasteiger partial charge in [-0.05, 0) is 36.5 Å². The minimum absolute atomic E-state index is 0.712. The summed E-state index contributed by atoms with van der Waals surface area (Å²) in [6.45, 7) is 0. The predicted octanol–water partition coefficient (Wildman–Crippen LogP) is 3.02. The minimum atomic E-state index is 0.712. The predicted molar refractivity (Wildman–Crippen MR) is 42.3 cm³/mol. The van der Waals surface area contributed by atoms with Crippen LogP contribution in [0.15, 0.2) is 18.2 Å². The fraction of sp³-hybridized carbons (Fsp3) is 0.333. The highest BCUT2D eigenvalue weighted by Gasteiger charge is 2.22. The van der Waals surface area contributed by atoms with Crippen LogP contribution in [-0.4, -0.2) is 0 Å². The Balaban J connectivity index is 2.28. The molecule has 1 fully saturated rings. The third-order valence-electron chi connectivity index (χ3n) is 1.85. The van der Waals surface area contributed by atoms with Crippen molar-refractivity contribution >= 4 is 11.6 Å². The summed E-state index contributed by atoms with van der Waals surface area (Å²) in [5, 5.41) is 0.712. The molecule has 0 aromatic heterocycles. The Bertz CT molecular complexity index is 221. The molecule has 0 nitrogen and oxygen atoms in total. The van der Waals surface area contributed by atoms with Gasteiger partial charge >= 0.3 is 0 Å². The van der Waals surface area contributed by atoms with E-state index in [1.165, 1.54) is 18.4 Å². The topological polar surface area (TPSA) is 0 Å². The highest BCUT2D eigenvalue weighted by Crippen LogP contribution is 2.39. The summed E-state index contributed by atoms with van der Waals surface area (Å²) in [6.07, 6.45) is 2.69. The Morgan fingerprint density at radius 3 is 2.70 bits per heavy atom. The summed E-state index contributed by atoms with van der Waals surface area (Å²) in [5.41, 5.74) is 1.39. The van der Waals surface area contributed by atoms with E-state index in [-0.39, 0.29) is 0 Å². The molecule has 10 heavy (non-hydrogen) atoms. The van der Waals surface area contributed by atoms with Crippen LogP contribution in [0.4, 0.5) is 0 Å². The van der Waals surface area contributed by atoms with Crippen LogP contribution in [0.5, 0.6) is 0 Å². The van der Waals surface area contributed by atoms with Crippen LogP contribution in [0.3, 0.4) is 0 Å². The molecule has 0 heterocycles. The zero-order chi connectivity index (χ0) is 6.97. The first-order valence-corrected chi connectivity index (χ1v) is 3.91. The van der Waals surface area contributed by atoms with Gasteiger partial charge in [0.25, 0.3) is 0 Å². The summed E-state index contributed by atoms with van der Waals surface area (Å²) in [5.74, 6) is 0.813. The van der Waals surface area contributed by atoms with Crippen LogP contribution in [0.25, 0.3) is 0 Å². The molecule has 0 bridgehead atoms. The second kappa shape index (κ2) is 2.28. The molecule has 0 N–H and O–H groups in total. The van der Waals surface area contributed by atoms with Gasteiger partial charge in [0.05, 0.1) is 0 Å². The maximum Gasteiger partial charge on any atom is 0.0485 e. The van der Waals surface area contributed by atoms with Gasteiger partial charge in [-0.2, -0.15) is 0 Å². The van der Waals surface area contributed by atoms with E-state index in [9.17, 15) is 0 Å². The smallest absolute Gasteiger partial charge is 0.0485 e. The molecule has 0 saturated heterocycles. The highest BCUT2D eigenvalue weighted by atomic mass is 35.5. The first-order valence-electron chi connectivity index (χ1n) is 3.53. The molecule has 1 aromatic rings. The van der Waals surface area contributed by atoms with Crippen molar-refractivity contribution < 1.29 is 0 Å². The first kappa shape index (κ1) is 6.23. The molecule has 0 aliphatic heterocycles. The van der Waals surface area contributed by atoms with Crippen molar-refractivity contribution in [1.82, 2.24) is 0 Å². The molecule has 1 aromatic carbocycles. The van der Waals surface area contributed by atoms with Crippen LogP contribution in [0.1, 0.15) is 24.3 Å². The fourth-order valence-electron chi connectivity index (χ4n) is 1.09. The molecular weight excluding hydrogens is 144 g/mol. The van der Waals surface area contributed by atoms with Crippen LogP contribution >= 0.6 is 11.6 Å². The lowest BCUT2D eigenvalue weighted by molar-refractivity contribution is 1.13. The van der Waals surface area contributed by atoms with Crippen LogP contribution < -0.4 is 0 Å². The van der Waals surface area contributed by atoms with Crippen LogP contribution in [0, 0.1) is 6.07 Å². The number of hydrogen-bond acceptors (Lipinski definition) is 0. The molecular formula is C9H8Cl. The second-order valence-corrected chi connectivity index (χ2v) is 3.15. The highest BCUT2D eigenvalue weighted by molar-refractivity contribution is 6.30. The standard InChI is InChI=1S/C9H8Cl/c10-9-5-3-8(4-6-9)7-1-2-7/h3-5,7H,1-2H2. The normalized spacial score (nSPS) is 17.3. The Morgan fingerprint density at radius 2 is 2.20 bits per heavy atom. The van der Waals surface area contributed by atoms with Crippen molar-refractivity contribution in [2.75, 3.05) is 0 Å². The van der Waals surface area contributed by atoms with Crippen molar-refractivity contribution in [3.8, 4) is 0 Å². The van der Waals surface area contributed by atoms with Gasteiger partial charge in [0.1, 0.15) is 0 Å². The van der Waals surface area contributed by atoms with Crippen molar-refractivity contribution in [3.05, 3.63) is 34.9 Å². The summed E-state index contributed by atoms with van der Waals surface area (Å²) < 4.78 is 0. The quantitative estimate of drug-likeness (QED) is 0.579. The van der Waals surface area contributed by atoms with E-state index >= 15 is 0 Å². The van der Waals surface area contributed by atoms with Gasteiger partial charge in [-0.3, -0.25) is 0 Å². The lowest BCUT2D eigenvalue weighted by Crippen LogP contribution is -1.75. The van der Waals surface area contributed by atoms with E-state index in [4.69, 9.17) is 11.6 Å². The molecule has 0 atom stereocenters. The van der Waals surface area contributed by atoms with Gasteiger partial charge in [0.2, 0.25) is 0 Å². The van der Waals surface area contributed by atoms with Crippen molar-refractivity contribution in [1.29, 1.82) is 0 Å². The number of halogens is 1. The Morgan fingerprint density at radius 1 is 1.40 bits per heavy atom. The molecule has 1 aliphatic carbocycles. The molecule has 1 saturated carbocycles. The van der Waals surface area contributed by atoms with Gasteiger partial charge in [-0.25, -0.2) is 0 Å². The largest absolute Gasteiger partial charge is 0.0837 e. The third kappa shape index (κ3) is 1.17. The zero-order valence-corrected chi connectivity index (χ0v) is 6.36. The van der Waals surface area contributed by atoms with Gasteiger partial charge in [-0.15, -0.1) is 0 Å². The zero-order valence-electron chi connectivity index (χ0n) is 5.60. The maximum absolute atomic E-state index is 5.68. The number of hydrogen-bond donors (Lipinski definition) is 0. The number of rotatable bonds is 1. The summed E-state index contributed by atoms with van der Waals surface area (Å²) >= 11 is 5.68. The van der Waals surface area contributed by atoms with Gasteiger partial charge in [0.15, 0.2) is 0 Å². The molecule has 1 heteroatoms. The lowest BCUT2D eigenvalue weighted by Gasteiger charge is -1.94. The maximum atomic E-state index is 5.68. The molecule has 2 rings (SSSR count). The Hall–Kier alpha value is -0.490. The first-order chi connectivity index (χ1) is 4.86. The molecule has 0 amide bonds. The van der Waals surface area contributed by atoms with E-state index in [1.54, 1.807) is 0 Å². The SMILES string of the molecule is Clc1[c]cc(C2CC2)cc1. The van der Waals surface area contributed by atoms with Gasteiger partial charge in [-0.1, -0.05) is 17.7 Å². The number of benzene rings is 1. The van der Waals surface area contributed by atoms with E-state index in [0.717, 1.165) is 5.92 Å². The molecule has 1 radical (unpaired) electrons. The monoisotopic (exact) mass is 151 g/mol. The molecule has 51 valence electrons. The Labute approximate surface area is 65.8 Å². The average molecular weight is 152 g/mol. The summed E-state index contributed by atoms with van der Waals surface area (Å²) in [4.78, 5) is 0. The minimum Gasteiger partial charge on any atom is -0.0837 e. The Kier molecular flexibility index (Phi) is 1.42. The second-order valence-electron chi connectivity index (χ2n) is 2.74. The third-order valence-corrected chi connectivity index (χ3v) is 2.08. The van der Waals surface area contributed by atoms with E-state index in [2.05, 4.69) is 12.1 Å². The molecule has 1 aliphatic rings. The molecule has 0 spiro atoms. The van der Waals surface area contributed by atoms with Crippen molar-refractivity contribution in [3.63, 3.8) is 0 Å². The average Bonchev–Trinajstić information content (AvgIpc) is 2.71. The van der Waals surface area contributed by atoms with E-state index in [0.29, 0.717) is 5.02 Å².